The van der Waals surface area contributed by atoms with Crippen LogP contribution in [0.3, 0.4) is 0 Å². The molecule has 0 aromatic rings. The topological polar surface area (TPSA) is 40.5 Å². The van der Waals surface area contributed by atoms with Gasteiger partial charge in [0.15, 0.2) is 0 Å². The Hall–Kier alpha value is 0.880. The molecule has 44 heavy (non-hydrogen) atoms. The van der Waals surface area contributed by atoms with Crippen molar-refractivity contribution in [3.63, 3.8) is 0 Å². The first-order valence-corrected chi connectivity index (χ1v) is 22.4. The Morgan fingerprint density at radius 2 is 0.295 bits per heavy atom. The number of aliphatic hydroxyl groups excluding tert-OH is 2. The van der Waals surface area contributed by atoms with Crippen molar-refractivity contribution in [3.05, 3.63) is 0 Å². The Morgan fingerprint density at radius 1 is 0.182 bits per heavy atom. The van der Waals surface area contributed by atoms with Crippen molar-refractivity contribution in [1.82, 2.24) is 0 Å². The number of aliphatic hydroxyl groups is 2. The summed E-state index contributed by atoms with van der Waals surface area (Å²) in [5.41, 5.74) is 0. The molecule has 268 valence electrons. The number of hydrogen-bond acceptors (Lipinski definition) is 2. The molecule has 0 saturated heterocycles. The minimum atomic E-state index is 0.372. The second-order valence-electron chi connectivity index (χ2n) is 13.6. The first-order valence-electron chi connectivity index (χ1n) is 20.2. The van der Waals surface area contributed by atoms with Crippen molar-refractivity contribution in [2.45, 2.75) is 231 Å². The fraction of sp³-hybridized carbons (Fsp3) is 1.00. The van der Waals surface area contributed by atoms with E-state index >= 15 is 0 Å². The van der Waals surface area contributed by atoms with Gasteiger partial charge in [-0.15, -0.1) is 0 Å². The van der Waals surface area contributed by atoms with Gasteiger partial charge in [0.1, 0.15) is 0 Å². The summed E-state index contributed by atoms with van der Waals surface area (Å²) in [5.74, 6) is 0. The summed E-state index contributed by atoms with van der Waals surface area (Å²) < 4.78 is 0. The zero-order valence-electron chi connectivity index (χ0n) is 29.9. The quantitative estimate of drug-likeness (QED) is 0.0487. The molecule has 4 heteroatoms. The maximum Gasteiger partial charge on any atom is 0.0431 e. The highest BCUT2D eigenvalue weighted by atomic mass is 79.9. The van der Waals surface area contributed by atoms with E-state index in [1.807, 2.05) is 0 Å². The van der Waals surface area contributed by atoms with Gasteiger partial charge < -0.3 is 10.2 Å². The molecule has 0 aromatic carbocycles. The molecule has 2 nitrogen and oxygen atoms in total. The van der Waals surface area contributed by atoms with Crippen molar-refractivity contribution < 1.29 is 10.2 Å². The molecule has 0 saturated carbocycles. The average Bonchev–Trinajstić information content (AvgIpc) is 3.04. The summed E-state index contributed by atoms with van der Waals surface area (Å²) in [7, 11) is 0. The van der Waals surface area contributed by atoms with E-state index in [2.05, 4.69) is 31.9 Å². The van der Waals surface area contributed by atoms with Crippen molar-refractivity contribution in [2.75, 3.05) is 23.9 Å². The second kappa shape index (κ2) is 48.3. The highest BCUT2D eigenvalue weighted by Crippen LogP contribution is 2.16. The van der Waals surface area contributed by atoms with E-state index in [0.717, 1.165) is 12.8 Å². The minimum Gasteiger partial charge on any atom is -0.396 e. The van der Waals surface area contributed by atoms with E-state index in [4.69, 9.17) is 10.2 Å². The van der Waals surface area contributed by atoms with Crippen LogP contribution in [0.15, 0.2) is 0 Å². The van der Waals surface area contributed by atoms with Gasteiger partial charge in [0.25, 0.3) is 0 Å². The van der Waals surface area contributed by atoms with E-state index in [1.54, 1.807) is 0 Å². The molecule has 0 aliphatic rings. The van der Waals surface area contributed by atoms with Crippen molar-refractivity contribution in [1.29, 1.82) is 0 Å². The molecule has 0 fully saturated rings. The van der Waals surface area contributed by atoms with Crippen LogP contribution in [0.25, 0.3) is 0 Å². The van der Waals surface area contributed by atoms with E-state index in [9.17, 15) is 0 Å². The third kappa shape index (κ3) is 49.8. The Morgan fingerprint density at radius 3 is 0.409 bits per heavy atom. The molecule has 0 heterocycles. The largest absolute Gasteiger partial charge is 0.396 e. The second-order valence-corrected chi connectivity index (χ2v) is 15.1. The Bertz CT molecular complexity index is 369. The summed E-state index contributed by atoms with van der Waals surface area (Å²) in [4.78, 5) is 0. The Labute approximate surface area is 295 Å². The monoisotopic (exact) mass is 752 g/mol. The summed E-state index contributed by atoms with van der Waals surface area (Å²) in [6, 6.07) is 0. The lowest BCUT2D eigenvalue weighted by atomic mass is 10.0. The molecule has 0 radical (unpaired) electrons. The normalized spacial score (nSPS) is 11.2. The van der Waals surface area contributed by atoms with Crippen LogP contribution in [0.4, 0.5) is 0 Å². The fourth-order valence-electron chi connectivity index (χ4n) is 6.07. The smallest absolute Gasteiger partial charge is 0.0431 e. The molecular weight excluding hydrogens is 672 g/mol. The van der Waals surface area contributed by atoms with Crippen molar-refractivity contribution in [3.8, 4) is 0 Å². The average molecular weight is 755 g/mol. The van der Waals surface area contributed by atoms with Crippen molar-refractivity contribution in [2.24, 2.45) is 0 Å². The predicted octanol–water partition coefficient (Wildman–Crippen LogP) is 14.8. The molecule has 0 bridgehead atoms. The molecule has 0 spiro atoms. The van der Waals surface area contributed by atoms with E-state index in [0.29, 0.717) is 13.2 Å². The SMILES string of the molecule is OCCCCCCCCCCCCCCCCCCCCBr.OCCCCCCCCCCCCCCCCCCCCBr. The maximum absolute atomic E-state index is 8.70. The van der Waals surface area contributed by atoms with Crippen LogP contribution in [0, 0.1) is 0 Å². The lowest BCUT2D eigenvalue weighted by Crippen LogP contribution is -1.85. The highest BCUT2D eigenvalue weighted by Gasteiger charge is 1.96. The number of rotatable bonds is 38. The van der Waals surface area contributed by atoms with Crippen molar-refractivity contribution >= 4 is 31.9 Å². The van der Waals surface area contributed by atoms with Gasteiger partial charge in [-0.1, -0.05) is 237 Å². The molecule has 0 atom stereocenters. The van der Waals surface area contributed by atoms with Gasteiger partial charge in [-0.05, 0) is 25.7 Å². The number of unbranched alkanes of at least 4 members (excludes halogenated alkanes) is 34. The Balaban J connectivity index is 0. The van der Waals surface area contributed by atoms with Gasteiger partial charge in [-0.2, -0.15) is 0 Å². The zero-order chi connectivity index (χ0) is 32.3. The standard InChI is InChI=1S/2C20H41BrO/c2*21-19-17-15-13-11-9-7-5-3-1-2-4-6-8-10-12-14-16-18-20-22/h2*22H,1-20H2. The number of halogens is 2. The van der Waals surface area contributed by atoms with Crippen LogP contribution in [0.2, 0.25) is 0 Å². The van der Waals surface area contributed by atoms with Crippen LogP contribution < -0.4 is 0 Å². The van der Waals surface area contributed by atoms with Crippen LogP contribution in [-0.4, -0.2) is 34.1 Å². The van der Waals surface area contributed by atoms with Crippen LogP contribution in [0.1, 0.15) is 231 Å². The minimum absolute atomic E-state index is 0.372. The Kier molecular flexibility index (Phi) is 51.6. The summed E-state index contributed by atoms with van der Waals surface area (Å²) in [5, 5.41) is 19.8. The number of alkyl halides is 2. The third-order valence-corrected chi connectivity index (χ3v) is 10.2. The zero-order valence-corrected chi connectivity index (χ0v) is 33.1. The molecule has 0 aliphatic carbocycles. The van der Waals surface area contributed by atoms with E-state index in [-0.39, 0.29) is 0 Å². The van der Waals surface area contributed by atoms with Crippen LogP contribution in [0.5, 0.6) is 0 Å². The number of hydrogen-bond donors (Lipinski definition) is 2. The first-order chi connectivity index (χ1) is 21.8. The third-order valence-electron chi connectivity index (χ3n) is 9.08. The molecule has 0 rings (SSSR count). The summed E-state index contributed by atoms with van der Waals surface area (Å²) in [6.45, 7) is 0.744. The van der Waals surface area contributed by atoms with Crippen LogP contribution in [-0.2, 0) is 0 Å². The molecule has 0 aliphatic heterocycles. The predicted molar refractivity (Wildman–Crippen MR) is 208 cm³/mol. The van der Waals surface area contributed by atoms with Gasteiger partial charge in [0.2, 0.25) is 0 Å². The molecule has 0 amide bonds. The van der Waals surface area contributed by atoms with Gasteiger partial charge >= 0.3 is 0 Å². The molecular formula is C40H82Br2O2. The van der Waals surface area contributed by atoms with E-state index < -0.39 is 0 Å². The fourth-order valence-corrected chi connectivity index (χ4v) is 6.86. The highest BCUT2D eigenvalue weighted by molar-refractivity contribution is 9.09. The van der Waals surface area contributed by atoms with Gasteiger partial charge in [0.05, 0.1) is 0 Å². The first kappa shape index (κ1) is 47.0. The van der Waals surface area contributed by atoms with E-state index in [1.165, 1.54) is 229 Å². The maximum atomic E-state index is 8.70. The molecule has 0 unspecified atom stereocenters. The van der Waals surface area contributed by atoms with Gasteiger partial charge in [0, 0.05) is 23.9 Å². The lowest BCUT2D eigenvalue weighted by molar-refractivity contribution is 0.282. The summed E-state index contributed by atoms with van der Waals surface area (Å²) in [6.07, 6.45) is 50.0. The van der Waals surface area contributed by atoms with Crippen LogP contribution >= 0.6 is 31.9 Å². The molecule has 2 N–H and O–H groups in total. The summed E-state index contributed by atoms with van der Waals surface area (Å²) >= 11 is 6.98. The van der Waals surface area contributed by atoms with Gasteiger partial charge in [-0.25, -0.2) is 0 Å². The molecule has 0 aromatic heterocycles. The lowest BCUT2D eigenvalue weighted by Gasteiger charge is -2.03. The van der Waals surface area contributed by atoms with Gasteiger partial charge in [-0.3, -0.25) is 0 Å².